The minimum absolute atomic E-state index is 0.378. The van der Waals surface area contributed by atoms with Gasteiger partial charge in [-0.1, -0.05) is 13.3 Å². The van der Waals surface area contributed by atoms with Crippen LogP contribution in [0.5, 0.6) is 0 Å². The molecular weight excluding hydrogens is 162 g/mol. The SMILES string of the molecule is CCNC1CCCC1COC(C)C. The predicted octanol–water partition coefficient (Wildman–Crippen LogP) is 2.19. The van der Waals surface area contributed by atoms with Crippen molar-refractivity contribution in [3.05, 3.63) is 0 Å². The maximum Gasteiger partial charge on any atom is 0.0519 e. The van der Waals surface area contributed by atoms with E-state index in [1.54, 1.807) is 0 Å². The molecule has 1 N–H and O–H groups in total. The second-order valence-electron chi connectivity index (χ2n) is 4.24. The van der Waals surface area contributed by atoms with E-state index in [0.29, 0.717) is 12.1 Å². The Morgan fingerprint density at radius 1 is 1.38 bits per heavy atom. The van der Waals surface area contributed by atoms with Gasteiger partial charge >= 0.3 is 0 Å². The molecule has 2 atom stereocenters. The normalized spacial score (nSPS) is 28.6. The first-order valence-corrected chi connectivity index (χ1v) is 5.59. The Bertz CT molecular complexity index is 136. The largest absolute Gasteiger partial charge is 0.378 e. The fourth-order valence-electron chi connectivity index (χ4n) is 2.08. The molecular formula is C11H23NO. The molecule has 2 heteroatoms. The monoisotopic (exact) mass is 185 g/mol. The number of ether oxygens (including phenoxy) is 1. The molecule has 0 amide bonds. The van der Waals surface area contributed by atoms with Gasteiger partial charge in [-0.25, -0.2) is 0 Å². The van der Waals surface area contributed by atoms with Crippen molar-refractivity contribution in [2.24, 2.45) is 5.92 Å². The van der Waals surface area contributed by atoms with E-state index in [1.807, 2.05) is 0 Å². The summed E-state index contributed by atoms with van der Waals surface area (Å²) in [7, 11) is 0. The third-order valence-electron chi connectivity index (χ3n) is 2.77. The van der Waals surface area contributed by atoms with Crippen molar-refractivity contribution in [1.82, 2.24) is 5.32 Å². The summed E-state index contributed by atoms with van der Waals surface area (Å²) in [5, 5.41) is 3.54. The van der Waals surface area contributed by atoms with Crippen molar-refractivity contribution in [1.29, 1.82) is 0 Å². The molecule has 78 valence electrons. The van der Waals surface area contributed by atoms with E-state index in [-0.39, 0.29) is 0 Å². The van der Waals surface area contributed by atoms with Gasteiger partial charge in [0.15, 0.2) is 0 Å². The summed E-state index contributed by atoms with van der Waals surface area (Å²) in [5.74, 6) is 0.752. The van der Waals surface area contributed by atoms with Crippen LogP contribution in [0, 0.1) is 5.92 Å². The van der Waals surface area contributed by atoms with Crippen molar-refractivity contribution < 1.29 is 4.74 Å². The maximum absolute atomic E-state index is 5.66. The lowest BCUT2D eigenvalue weighted by Crippen LogP contribution is -2.34. The summed E-state index contributed by atoms with van der Waals surface area (Å²) in [6.45, 7) is 8.42. The number of nitrogens with one attached hydrogen (secondary N) is 1. The van der Waals surface area contributed by atoms with Crippen molar-refractivity contribution in [2.45, 2.75) is 52.2 Å². The van der Waals surface area contributed by atoms with Gasteiger partial charge in [-0.05, 0) is 39.2 Å². The van der Waals surface area contributed by atoms with E-state index in [1.165, 1.54) is 19.3 Å². The quantitative estimate of drug-likeness (QED) is 0.709. The minimum atomic E-state index is 0.378. The van der Waals surface area contributed by atoms with Crippen LogP contribution in [-0.2, 0) is 4.74 Å². The van der Waals surface area contributed by atoms with Gasteiger partial charge < -0.3 is 10.1 Å². The summed E-state index contributed by atoms with van der Waals surface area (Å²) >= 11 is 0. The zero-order valence-electron chi connectivity index (χ0n) is 9.18. The molecule has 1 aliphatic rings. The Kier molecular flexibility index (Phi) is 4.74. The van der Waals surface area contributed by atoms with Crippen LogP contribution in [0.15, 0.2) is 0 Å². The summed E-state index contributed by atoms with van der Waals surface area (Å²) in [6.07, 6.45) is 4.41. The van der Waals surface area contributed by atoms with Gasteiger partial charge in [0.1, 0.15) is 0 Å². The molecule has 0 aliphatic heterocycles. The maximum atomic E-state index is 5.66. The van der Waals surface area contributed by atoms with E-state index in [9.17, 15) is 0 Å². The zero-order chi connectivity index (χ0) is 9.68. The molecule has 0 bridgehead atoms. The summed E-state index contributed by atoms with van der Waals surface area (Å²) < 4.78 is 5.66. The average molecular weight is 185 g/mol. The Morgan fingerprint density at radius 2 is 2.15 bits per heavy atom. The van der Waals surface area contributed by atoms with Crippen molar-refractivity contribution in [2.75, 3.05) is 13.2 Å². The van der Waals surface area contributed by atoms with Crippen LogP contribution in [0.2, 0.25) is 0 Å². The number of rotatable bonds is 5. The molecule has 1 saturated carbocycles. The van der Waals surface area contributed by atoms with Crippen LogP contribution in [0.25, 0.3) is 0 Å². The van der Waals surface area contributed by atoms with Crippen molar-refractivity contribution in [3.8, 4) is 0 Å². The molecule has 1 aliphatic carbocycles. The second kappa shape index (κ2) is 5.61. The molecule has 0 heterocycles. The summed E-state index contributed by atoms with van der Waals surface area (Å²) in [6, 6.07) is 0.712. The van der Waals surface area contributed by atoms with E-state index in [4.69, 9.17) is 4.74 Å². The van der Waals surface area contributed by atoms with Gasteiger partial charge in [0.05, 0.1) is 12.7 Å². The van der Waals surface area contributed by atoms with E-state index in [2.05, 4.69) is 26.1 Å². The van der Waals surface area contributed by atoms with Gasteiger partial charge in [-0.15, -0.1) is 0 Å². The third kappa shape index (κ3) is 3.65. The highest BCUT2D eigenvalue weighted by Crippen LogP contribution is 2.26. The van der Waals surface area contributed by atoms with Crippen LogP contribution in [0.1, 0.15) is 40.0 Å². The fourth-order valence-corrected chi connectivity index (χ4v) is 2.08. The van der Waals surface area contributed by atoms with Gasteiger partial charge in [-0.2, -0.15) is 0 Å². The lowest BCUT2D eigenvalue weighted by atomic mass is 10.1. The van der Waals surface area contributed by atoms with Crippen LogP contribution < -0.4 is 5.32 Å². The minimum Gasteiger partial charge on any atom is -0.378 e. The summed E-state index contributed by atoms with van der Waals surface area (Å²) in [5.41, 5.74) is 0. The lowest BCUT2D eigenvalue weighted by Gasteiger charge is -2.21. The second-order valence-corrected chi connectivity index (χ2v) is 4.24. The van der Waals surface area contributed by atoms with Crippen LogP contribution in [0.4, 0.5) is 0 Å². The standard InChI is InChI=1S/C11H23NO/c1-4-12-11-7-5-6-10(11)8-13-9(2)3/h9-12H,4-8H2,1-3H3. The third-order valence-corrected chi connectivity index (χ3v) is 2.77. The topological polar surface area (TPSA) is 21.3 Å². The molecule has 0 saturated heterocycles. The molecule has 2 nitrogen and oxygen atoms in total. The average Bonchev–Trinajstić information content (AvgIpc) is 2.49. The zero-order valence-corrected chi connectivity index (χ0v) is 9.18. The highest BCUT2D eigenvalue weighted by atomic mass is 16.5. The van der Waals surface area contributed by atoms with E-state index < -0.39 is 0 Å². The first-order valence-electron chi connectivity index (χ1n) is 5.59. The molecule has 0 aromatic heterocycles. The number of hydrogen-bond donors (Lipinski definition) is 1. The molecule has 0 spiro atoms. The van der Waals surface area contributed by atoms with Crippen LogP contribution >= 0.6 is 0 Å². The van der Waals surface area contributed by atoms with Gasteiger partial charge in [0.2, 0.25) is 0 Å². The Morgan fingerprint density at radius 3 is 2.77 bits per heavy atom. The van der Waals surface area contributed by atoms with Crippen LogP contribution in [0.3, 0.4) is 0 Å². The first-order chi connectivity index (χ1) is 6.24. The van der Waals surface area contributed by atoms with E-state index >= 15 is 0 Å². The molecule has 0 aromatic carbocycles. The highest BCUT2D eigenvalue weighted by molar-refractivity contribution is 4.82. The predicted molar refractivity (Wildman–Crippen MR) is 55.9 cm³/mol. The Balaban J connectivity index is 2.22. The van der Waals surface area contributed by atoms with Crippen molar-refractivity contribution in [3.63, 3.8) is 0 Å². The fraction of sp³-hybridized carbons (Fsp3) is 1.00. The van der Waals surface area contributed by atoms with Gasteiger partial charge in [-0.3, -0.25) is 0 Å². The Hall–Kier alpha value is -0.0800. The van der Waals surface area contributed by atoms with Gasteiger partial charge in [0.25, 0.3) is 0 Å². The highest BCUT2D eigenvalue weighted by Gasteiger charge is 2.26. The molecule has 1 fully saturated rings. The first kappa shape index (κ1) is 11.0. The smallest absolute Gasteiger partial charge is 0.0519 e. The molecule has 1 rings (SSSR count). The van der Waals surface area contributed by atoms with E-state index in [0.717, 1.165) is 19.1 Å². The summed E-state index contributed by atoms with van der Waals surface area (Å²) in [4.78, 5) is 0. The van der Waals surface area contributed by atoms with Crippen LogP contribution in [-0.4, -0.2) is 25.3 Å². The van der Waals surface area contributed by atoms with Crippen molar-refractivity contribution >= 4 is 0 Å². The molecule has 13 heavy (non-hydrogen) atoms. The number of hydrogen-bond acceptors (Lipinski definition) is 2. The lowest BCUT2D eigenvalue weighted by molar-refractivity contribution is 0.0462. The molecule has 0 aromatic rings. The van der Waals surface area contributed by atoms with Gasteiger partial charge in [0, 0.05) is 6.04 Å². The molecule has 0 radical (unpaired) electrons. The Labute approximate surface area is 82.0 Å². The molecule has 2 unspecified atom stereocenters.